The topological polar surface area (TPSA) is 0 Å². The normalized spacial score (nSPS) is 18.3. The van der Waals surface area contributed by atoms with Crippen LogP contribution in [0.25, 0.3) is 0 Å². The van der Waals surface area contributed by atoms with Gasteiger partial charge in [0, 0.05) is 0 Å². The Morgan fingerprint density at radius 1 is 0.169 bits per heavy atom. The lowest BCUT2D eigenvalue weighted by molar-refractivity contribution is -0.492. The van der Waals surface area contributed by atoms with Crippen LogP contribution in [-0.2, 0) is 0 Å². The van der Waals surface area contributed by atoms with Gasteiger partial charge >= 0.3 is 112 Å². The molecule has 0 nitrogen and oxygen atoms in total. The molecule has 356 valence electrons. The zero-order chi connectivity index (χ0) is 49.5. The molecule has 0 aromatic carbocycles. The van der Waals surface area contributed by atoms with Crippen LogP contribution in [0.15, 0.2) is 0 Å². The van der Waals surface area contributed by atoms with Gasteiger partial charge in [-0.25, -0.2) is 4.39 Å². The fourth-order valence-electron chi connectivity index (χ4n) is 3.47. The largest absolute Gasteiger partial charge is 0.460 e. The lowest BCUT2D eigenvalue weighted by Gasteiger charge is -2.48. The van der Waals surface area contributed by atoms with Crippen molar-refractivity contribution in [2.75, 3.05) is 0 Å². The molecule has 0 fully saturated rings. The zero-order valence-corrected chi connectivity index (χ0v) is 27.9. The second-order valence-electron chi connectivity index (χ2n) is 10.8. The molecule has 0 heterocycles. The van der Waals surface area contributed by atoms with Crippen molar-refractivity contribution in [1.29, 1.82) is 0 Å². The van der Waals surface area contributed by atoms with Crippen molar-refractivity contribution in [3.63, 3.8) is 0 Å². The first-order chi connectivity index (χ1) is 24.5. The van der Waals surface area contributed by atoms with Crippen molar-refractivity contribution in [1.82, 2.24) is 0 Å². The molecule has 0 amide bonds. The van der Waals surface area contributed by atoms with Gasteiger partial charge in [-0.15, -0.1) is 33.2 Å². The summed E-state index contributed by atoms with van der Waals surface area (Å²) >= 11 is 12.2. The monoisotopic (exact) mass is 1050 g/mol. The lowest BCUT2D eigenvalue weighted by atomic mass is 9.82. The van der Waals surface area contributed by atoms with Crippen LogP contribution in [-0.4, -0.2) is 112 Å². The van der Waals surface area contributed by atoms with Gasteiger partial charge in [-0.2, -0.15) is 158 Å². The van der Waals surface area contributed by atoms with Gasteiger partial charge in [0.1, 0.15) is 0 Å². The first kappa shape index (κ1) is 57.5. The summed E-state index contributed by atoms with van der Waals surface area (Å²) in [5.41, 5.74) is 0. The maximum atomic E-state index is 14.3. The molecule has 0 bridgehead atoms. The van der Waals surface area contributed by atoms with E-state index in [1.807, 2.05) is 0 Å². The van der Waals surface area contributed by atoms with E-state index in [1.54, 1.807) is 0 Å². The van der Waals surface area contributed by atoms with Gasteiger partial charge in [-0.05, 0) is 0 Å². The van der Waals surface area contributed by atoms with E-state index >= 15 is 0 Å². The van der Waals surface area contributed by atoms with Gasteiger partial charge < -0.3 is 0 Å². The first-order valence-corrected chi connectivity index (χ1v) is 17.1. The third-order valence-corrected chi connectivity index (χ3v) is 10.8. The van der Waals surface area contributed by atoms with E-state index in [2.05, 4.69) is 33.2 Å². The average Bonchev–Trinajstić information content (AvgIpc) is 2.97. The molecule has 0 saturated heterocycles. The minimum Gasteiger partial charge on any atom is -0.226 e. The Labute approximate surface area is 308 Å². The molecule has 0 aliphatic heterocycles. The molecule has 0 rings (SSSR count). The molecule has 0 aromatic rings. The Balaban J connectivity index is 8.00. The molecular formula is C18Cl3F37Si. The Bertz CT molecular complexity index is 1530. The smallest absolute Gasteiger partial charge is 0.226 e. The molecule has 41 heteroatoms. The maximum Gasteiger partial charge on any atom is 0.460 e. The molecular weight excluding hydrogens is 1050 g/mol. The third-order valence-electron chi connectivity index (χ3n) is 7.09. The van der Waals surface area contributed by atoms with Crippen LogP contribution >= 0.6 is 33.2 Å². The molecule has 0 saturated carbocycles. The number of hydrogen-bond donors (Lipinski definition) is 0. The summed E-state index contributed by atoms with van der Waals surface area (Å²) in [5, 5.41) is -8.13. The van der Waals surface area contributed by atoms with Crippen LogP contribution in [0.3, 0.4) is 0 Å². The highest BCUT2D eigenvalue weighted by atomic mass is 35.8. The van der Waals surface area contributed by atoms with Gasteiger partial charge in [-0.3, -0.25) is 0 Å². The molecule has 0 N–H and O–H groups in total. The minimum atomic E-state index is -10.5. The van der Waals surface area contributed by atoms with E-state index in [0.717, 1.165) is 0 Å². The van der Waals surface area contributed by atoms with Crippen LogP contribution in [0.5, 0.6) is 0 Å². The Hall–Kier alpha value is -1.50. The van der Waals surface area contributed by atoms with Crippen molar-refractivity contribution in [3.05, 3.63) is 0 Å². The third kappa shape index (κ3) is 6.51. The SMILES string of the molecule is FC(F)(F)C(F)(F)C(F)(F)C(F)(F)C(F)(F)C(F)(F)C(F)(F)C(F)(F)C(F)(F)C(F)(F)C(F)(F)C(F)(F)C(F)(F)C(F)(F)C(F)(F)C(F)(F)C(F)(C(F)(F)F)[Si](Cl)(Cl)Cl. The summed E-state index contributed by atoms with van der Waals surface area (Å²) in [4.78, 5) is 0. The van der Waals surface area contributed by atoms with Crippen LogP contribution in [0.1, 0.15) is 0 Å². The van der Waals surface area contributed by atoms with Crippen molar-refractivity contribution in [2.45, 2.75) is 106 Å². The quantitative estimate of drug-likeness (QED) is 0.0821. The van der Waals surface area contributed by atoms with Crippen molar-refractivity contribution >= 4 is 39.2 Å². The molecule has 59 heavy (non-hydrogen) atoms. The standard InChI is InChI=1S/C18Cl3F37Si/c19-59(20,21)16(52,18(56,57)58)14(48,49)12(44,45)10(40,41)8(36,37)6(32,33)4(28,29)2(24,25)1(22,23)3(26,27)5(30,31)7(34,35)9(38,39)11(42,43)13(46,47)15(50,51)17(53,54)55. The van der Waals surface area contributed by atoms with Crippen molar-refractivity contribution in [3.8, 4) is 0 Å². The average molecular weight is 1050 g/mol. The van der Waals surface area contributed by atoms with E-state index in [-0.39, 0.29) is 0 Å². The van der Waals surface area contributed by atoms with Crippen molar-refractivity contribution < 1.29 is 162 Å². The number of hydrogen-bond acceptors (Lipinski definition) is 0. The molecule has 0 aromatic heterocycles. The van der Waals surface area contributed by atoms with E-state index in [0.29, 0.717) is 0 Å². The van der Waals surface area contributed by atoms with Gasteiger partial charge in [0.25, 0.3) is 0 Å². The summed E-state index contributed by atoms with van der Waals surface area (Å²) in [5.74, 6) is -150. The van der Waals surface area contributed by atoms with Crippen molar-refractivity contribution in [2.24, 2.45) is 0 Å². The van der Waals surface area contributed by atoms with E-state index in [9.17, 15) is 162 Å². The lowest BCUT2D eigenvalue weighted by Crippen LogP contribution is -2.81. The fraction of sp³-hybridized carbons (Fsp3) is 1.00. The highest BCUT2D eigenvalue weighted by molar-refractivity contribution is 7.65. The van der Waals surface area contributed by atoms with Gasteiger partial charge in [0.15, 0.2) is 0 Å². The summed E-state index contributed by atoms with van der Waals surface area (Å²) in [6, 6.07) is -7.86. The molecule has 0 radical (unpaired) electrons. The molecule has 1 atom stereocenters. The van der Waals surface area contributed by atoms with Crippen LogP contribution < -0.4 is 0 Å². The van der Waals surface area contributed by atoms with E-state index < -0.39 is 112 Å². The number of halogens is 40. The van der Waals surface area contributed by atoms with E-state index in [1.165, 1.54) is 0 Å². The molecule has 0 aliphatic carbocycles. The highest BCUT2D eigenvalue weighted by Crippen LogP contribution is 2.71. The predicted molar refractivity (Wildman–Crippen MR) is 113 cm³/mol. The fourth-order valence-corrected chi connectivity index (χ4v) is 6.34. The molecule has 1 unspecified atom stereocenters. The Morgan fingerprint density at radius 3 is 0.390 bits per heavy atom. The van der Waals surface area contributed by atoms with E-state index in [4.69, 9.17) is 0 Å². The van der Waals surface area contributed by atoms with Crippen LogP contribution in [0.4, 0.5) is 162 Å². The zero-order valence-electron chi connectivity index (χ0n) is 24.6. The Morgan fingerprint density at radius 2 is 0.288 bits per heavy atom. The summed E-state index contributed by atoms with van der Waals surface area (Å²) in [7, 11) is 0. The number of rotatable bonds is 16. The highest BCUT2D eigenvalue weighted by Gasteiger charge is 3.03. The van der Waals surface area contributed by atoms with Gasteiger partial charge in [0.05, 0.1) is 0 Å². The second kappa shape index (κ2) is 13.7. The van der Waals surface area contributed by atoms with Crippen LogP contribution in [0.2, 0.25) is 0 Å². The Kier molecular flexibility index (Phi) is 13.4. The first-order valence-electron chi connectivity index (χ1n) is 12.1. The van der Waals surface area contributed by atoms with Gasteiger partial charge in [-0.1, -0.05) is 0 Å². The minimum absolute atomic E-state index is 4.07. The van der Waals surface area contributed by atoms with Crippen LogP contribution in [0, 0.1) is 0 Å². The summed E-state index contributed by atoms with van der Waals surface area (Å²) in [6.07, 6.45) is -16.7. The van der Waals surface area contributed by atoms with Gasteiger partial charge in [0.2, 0.25) is 0 Å². The maximum absolute atomic E-state index is 14.3. The summed E-state index contributed by atoms with van der Waals surface area (Å²) < 4.78 is 502. The summed E-state index contributed by atoms with van der Waals surface area (Å²) in [6.45, 7) is 0. The number of alkyl halides is 37. The molecule has 0 aliphatic rings. The second-order valence-corrected chi connectivity index (χ2v) is 19.3. The predicted octanol–water partition coefficient (Wildman–Crippen LogP) is 13.5. The molecule has 0 spiro atoms.